The lowest BCUT2D eigenvalue weighted by molar-refractivity contribution is 0.100. The Bertz CT molecular complexity index is 593. The van der Waals surface area contributed by atoms with Gasteiger partial charge in [0, 0.05) is 10.6 Å². The maximum absolute atomic E-state index is 11.3. The minimum atomic E-state index is -0.925. The van der Waals surface area contributed by atoms with Crippen molar-refractivity contribution in [3.63, 3.8) is 0 Å². The minimum Gasteiger partial charge on any atom is -0.506 e. The third kappa shape index (κ3) is 1.38. The van der Waals surface area contributed by atoms with Crippen LogP contribution in [0.25, 0.3) is 10.8 Å². The molecule has 0 heterocycles. The molecule has 1 amide bonds. The normalized spacial score (nSPS) is 10.2. The molecular weight excluding hydrogens is 208 g/mol. The number of nitroso groups, excluding NO2 is 1. The zero-order valence-electron chi connectivity index (χ0n) is 8.18. The van der Waals surface area contributed by atoms with E-state index in [-0.39, 0.29) is 17.0 Å². The van der Waals surface area contributed by atoms with Gasteiger partial charge in [-0.1, -0.05) is 24.3 Å². The molecule has 0 aliphatic heterocycles. The van der Waals surface area contributed by atoms with Crippen molar-refractivity contribution in [3.05, 3.63) is 40.8 Å². The fourth-order valence-corrected chi connectivity index (χ4v) is 1.61. The molecule has 0 bridgehead atoms. The van der Waals surface area contributed by atoms with Crippen LogP contribution < -0.4 is 5.73 Å². The van der Waals surface area contributed by atoms with E-state index in [4.69, 9.17) is 5.73 Å². The number of phenols is 1. The Balaban J connectivity index is 2.90. The first kappa shape index (κ1) is 10.1. The second kappa shape index (κ2) is 3.62. The molecule has 2 aromatic rings. The van der Waals surface area contributed by atoms with E-state index in [9.17, 15) is 14.8 Å². The molecule has 0 aliphatic rings. The SMILES string of the molecule is Nc1c(O)cc(C(=O)N=O)c2ccccc12. The smallest absolute Gasteiger partial charge is 0.317 e. The van der Waals surface area contributed by atoms with E-state index in [1.54, 1.807) is 24.3 Å². The number of nitrogens with two attached hydrogens (primary N) is 1. The van der Waals surface area contributed by atoms with Crippen molar-refractivity contribution in [2.24, 2.45) is 5.18 Å². The van der Waals surface area contributed by atoms with Gasteiger partial charge in [0.1, 0.15) is 5.75 Å². The number of hydrogen-bond donors (Lipinski definition) is 2. The summed E-state index contributed by atoms with van der Waals surface area (Å²) in [4.78, 5) is 21.5. The molecule has 5 nitrogen and oxygen atoms in total. The molecule has 0 fully saturated rings. The van der Waals surface area contributed by atoms with Gasteiger partial charge in [-0.2, -0.15) is 0 Å². The molecule has 80 valence electrons. The van der Waals surface area contributed by atoms with Crippen molar-refractivity contribution in [3.8, 4) is 5.75 Å². The molecule has 0 atom stereocenters. The Morgan fingerprint density at radius 1 is 1.25 bits per heavy atom. The van der Waals surface area contributed by atoms with Crippen LogP contribution in [0.3, 0.4) is 0 Å². The zero-order valence-corrected chi connectivity index (χ0v) is 8.18. The minimum absolute atomic E-state index is 0.0531. The van der Waals surface area contributed by atoms with Gasteiger partial charge in [0.05, 0.1) is 11.3 Å². The number of carbonyl (C=O) groups is 1. The van der Waals surface area contributed by atoms with E-state index in [1.165, 1.54) is 0 Å². The highest BCUT2D eigenvalue weighted by molar-refractivity contribution is 6.11. The van der Waals surface area contributed by atoms with Crippen molar-refractivity contribution in [2.45, 2.75) is 0 Å². The van der Waals surface area contributed by atoms with Crippen molar-refractivity contribution in [1.29, 1.82) is 0 Å². The van der Waals surface area contributed by atoms with Crippen molar-refractivity contribution in [1.82, 2.24) is 0 Å². The standard InChI is InChI=1S/C11H8N2O3/c12-10-7-4-2-1-3-6(7)8(5-9(10)14)11(15)13-16/h1-5,14H,12H2. The maximum atomic E-state index is 11.3. The molecule has 0 saturated heterocycles. The van der Waals surface area contributed by atoms with E-state index in [2.05, 4.69) is 5.18 Å². The van der Waals surface area contributed by atoms with Gasteiger partial charge in [-0.25, -0.2) is 0 Å². The Hall–Kier alpha value is -2.43. The molecule has 16 heavy (non-hydrogen) atoms. The molecule has 0 unspecified atom stereocenters. The van der Waals surface area contributed by atoms with Gasteiger partial charge in [0.2, 0.25) is 0 Å². The summed E-state index contributed by atoms with van der Waals surface area (Å²) < 4.78 is 0. The fraction of sp³-hybridized carbons (Fsp3) is 0. The topological polar surface area (TPSA) is 92.8 Å². The molecular formula is C11H8N2O3. The molecule has 0 radical (unpaired) electrons. The molecule has 5 heteroatoms. The predicted octanol–water partition coefficient (Wildman–Crippen LogP) is 2.03. The number of phenolic OH excluding ortho intramolecular Hbond substituents is 1. The van der Waals surface area contributed by atoms with Gasteiger partial charge >= 0.3 is 5.91 Å². The van der Waals surface area contributed by atoms with Crippen LogP contribution in [0.15, 0.2) is 35.5 Å². The first-order valence-corrected chi connectivity index (χ1v) is 4.53. The summed E-state index contributed by atoms with van der Waals surface area (Å²) >= 11 is 0. The summed E-state index contributed by atoms with van der Waals surface area (Å²) in [5.41, 5.74) is 5.89. The monoisotopic (exact) mass is 216 g/mol. The van der Waals surface area contributed by atoms with Crippen molar-refractivity contribution < 1.29 is 9.90 Å². The Morgan fingerprint density at radius 2 is 1.88 bits per heavy atom. The third-order valence-corrected chi connectivity index (χ3v) is 2.38. The number of nitrogens with zero attached hydrogens (tertiary/aromatic N) is 1. The van der Waals surface area contributed by atoms with Crippen LogP contribution in [-0.4, -0.2) is 11.0 Å². The highest BCUT2D eigenvalue weighted by atomic mass is 16.3. The zero-order chi connectivity index (χ0) is 11.7. The first-order valence-electron chi connectivity index (χ1n) is 4.53. The van der Waals surface area contributed by atoms with Gasteiger partial charge in [-0.05, 0) is 11.5 Å². The molecule has 0 aromatic heterocycles. The largest absolute Gasteiger partial charge is 0.506 e. The number of benzene rings is 2. The maximum Gasteiger partial charge on any atom is 0.317 e. The van der Waals surface area contributed by atoms with E-state index in [0.717, 1.165) is 6.07 Å². The number of amides is 1. The number of hydrogen-bond acceptors (Lipinski definition) is 4. The van der Waals surface area contributed by atoms with Crippen LogP contribution in [0.2, 0.25) is 0 Å². The van der Waals surface area contributed by atoms with Gasteiger partial charge in [-0.3, -0.25) is 4.79 Å². The van der Waals surface area contributed by atoms with Gasteiger partial charge in [0.15, 0.2) is 0 Å². The van der Waals surface area contributed by atoms with Crippen molar-refractivity contribution >= 4 is 22.4 Å². The van der Waals surface area contributed by atoms with E-state index in [1.807, 2.05) is 0 Å². The van der Waals surface area contributed by atoms with Crippen LogP contribution in [-0.2, 0) is 0 Å². The fourth-order valence-electron chi connectivity index (χ4n) is 1.61. The van der Waals surface area contributed by atoms with Crippen LogP contribution >= 0.6 is 0 Å². The summed E-state index contributed by atoms with van der Waals surface area (Å²) in [6.45, 7) is 0. The van der Waals surface area contributed by atoms with Gasteiger partial charge < -0.3 is 10.8 Å². The Morgan fingerprint density at radius 3 is 2.50 bits per heavy atom. The molecule has 2 rings (SSSR count). The second-order valence-corrected chi connectivity index (χ2v) is 3.30. The second-order valence-electron chi connectivity index (χ2n) is 3.30. The van der Waals surface area contributed by atoms with Crippen molar-refractivity contribution in [2.75, 3.05) is 5.73 Å². The van der Waals surface area contributed by atoms with Gasteiger partial charge in [-0.15, -0.1) is 4.91 Å². The number of rotatable bonds is 1. The Labute approximate surface area is 90.5 Å². The predicted molar refractivity (Wildman–Crippen MR) is 60.2 cm³/mol. The summed E-state index contributed by atoms with van der Waals surface area (Å²) in [6, 6.07) is 7.89. The number of carbonyl (C=O) groups excluding carboxylic acids is 1. The summed E-state index contributed by atoms with van der Waals surface area (Å²) in [7, 11) is 0. The van der Waals surface area contributed by atoms with Gasteiger partial charge in [0.25, 0.3) is 0 Å². The number of nitrogen functional groups attached to an aromatic ring is 1. The first-order chi connectivity index (χ1) is 7.65. The van der Waals surface area contributed by atoms with E-state index >= 15 is 0 Å². The average molecular weight is 216 g/mol. The third-order valence-electron chi connectivity index (χ3n) is 2.38. The molecule has 0 spiro atoms. The van der Waals surface area contributed by atoms with Crippen LogP contribution in [0.4, 0.5) is 5.69 Å². The molecule has 2 aromatic carbocycles. The molecule has 0 saturated carbocycles. The van der Waals surface area contributed by atoms with Crippen LogP contribution in [0.1, 0.15) is 10.4 Å². The lowest BCUT2D eigenvalue weighted by atomic mass is 10.0. The molecule has 3 N–H and O–H groups in total. The quantitative estimate of drug-likeness (QED) is 0.433. The lowest BCUT2D eigenvalue weighted by Crippen LogP contribution is -1.98. The highest BCUT2D eigenvalue weighted by Crippen LogP contribution is 2.32. The average Bonchev–Trinajstić information content (AvgIpc) is 2.33. The summed E-state index contributed by atoms with van der Waals surface area (Å²) in [5, 5.41) is 12.9. The summed E-state index contributed by atoms with van der Waals surface area (Å²) in [6.07, 6.45) is 0. The Kier molecular flexibility index (Phi) is 2.28. The van der Waals surface area contributed by atoms with Crippen LogP contribution in [0.5, 0.6) is 5.75 Å². The number of fused-ring (bicyclic) bond motifs is 1. The lowest BCUT2D eigenvalue weighted by Gasteiger charge is -2.07. The van der Waals surface area contributed by atoms with E-state index < -0.39 is 5.91 Å². The number of aromatic hydroxyl groups is 1. The highest BCUT2D eigenvalue weighted by Gasteiger charge is 2.14. The summed E-state index contributed by atoms with van der Waals surface area (Å²) in [5.74, 6) is -1.16. The molecule has 0 aliphatic carbocycles. The van der Waals surface area contributed by atoms with Crippen LogP contribution in [0, 0.1) is 4.91 Å². The van der Waals surface area contributed by atoms with E-state index in [0.29, 0.717) is 10.8 Å². The number of anilines is 1.